The molecule has 0 heterocycles. The maximum Gasteiger partial charge on any atom is 2.00 e. The van der Waals surface area contributed by atoms with E-state index in [4.69, 9.17) is 10.0 Å². The summed E-state index contributed by atoms with van der Waals surface area (Å²) in [5.74, 6) is 0. The standard InChI is InChI=1S/C9H10BF3O2.C3H7.ClH.Mg/c1-2-6-3-4-7(9(11,12)13)5-8(6)10(14)15;1-3-2;;/h3-5,14-15H,2H2,1H3;3H,1-2H3;1H;/q;-1;;+2/p-1. The second kappa shape index (κ2) is 11.7. The first-order chi connectivity index (χ1) is 8.27. The van der Waals surface area contributed by atoms with Crippen LogP contribution in [0.5, 0.6) is 0 Å². The van der Waals surface area contributed by atoms with E-state index < -0.39 is 18.9 Å². The van der Waals surface area contributed by atoms with Crippen molar-refractivity contribution in [3.05, 3.63) is 35.7 Å². The minimum Gasteiger partial charge on any atom is -1.00 e. The van der Waals surface area contributed by atoms with Crippen molar-refractivity contribution in [2.24, 2.45) is 0 Å². The SMILES string of the molecule is CCc1ccc(C(F)(F)F)cc1B(O)O.C[CH-]C.[Cl-].[Mg+2]. The van der Waals surface area contributed by atoms with Gasteiger partial charge in [0.1, 0.15) is 0 Å². The summed E-state index contributed by atoms with van der Waals surface area (Å²) in [4.78, 5) is 0. The summed E-state index contributed by atoms with van der Waals surface area (Å²) in [7, 11) is -1.87. The van der Waals surface area contributed by atoms with Crippen molar-refractivity contribution in [2.75, 3.05) is 0 Å². The van der Waals surface area contributed by atoms with Crippen molar-refractivity contribution in [3.63, 3.8) is 0 Å². The van der Waals surface area contributed by atoms with Gasteiger partial charge in [0.25, 0.3) is 0 Å². The molecule has 2 nitrogen and oxygen atoms in total. The molecule has 8 heteroatoms. The van der Waals surface area contributed by atoms with Gasteiger partial charge in [0, 0.05) is 0 Å². The van der Waals surface area contributed by atoms with Gasteiger partial charge in [0.05, 0.1) is 5.56 Å². The normalized spacial score (nSPS) is 9.60. The molecule has 1 aromatic carbocycles. The molecule has 0 amide bonds. The molecule has 20 heavy (non-hydrogen) atoms. The Kier molecular flexibility index (Phi) is 14.6. The summed E-state index contributed by atoms with van der Waals surface area (Å²) in [6.07, 6.45) is -2.01. The van der Waals surface area contributed by atoms with Crippen molar-refractivity contribution in [3.8, 4) is 0 Å². The summed E-state index contributed by atoms with van der Waals surface area (Å²) < 4.78 is 36.9. The van der Waals surface area contributed by atoms with E-state index >= 15 is 0 Å². The van der Waals surface area contributed by atoms with Gasteiger partial charge in [-0.25, -0.2) is 0 Å². The van der Waals surface area contributed by atoms with Crippen molar-refractivity contribution < 1.29 is 35.6 Å². The Balaban J connectivity index is -0.000000530. The number of hydrogen-bond acceptors (Lipinski definition) is 2. The number of hydrogen-bond donors (Lipinski definition) is 2. The minimum atomic E-state index is -4.46. The smallest absolute Gasteiger partial charge is 1.00 e. The van der Waals surface area contributed by atoms with Crippen LogP contribution in [0, 0.1) is 6.42 Å². The van der Waals surface area contributed by atoms with E-state index in [0.29, 0.717) is 12.0 Å². The first kappa shape index (κ1) is 25.0. The molecule has 0 saturated carbocycles. The van der Waals surface area contributed by atoms with E-state index in [1.807, 2.05) is 20.3 Å². The third kappa shape index (κ3) is 8.36. The fourth-order valence-electron chi connectivity index (χ4n) is 1.33. The van der Waals surface area contributed by atoms with Crippen molar-refractivity contribution in [1.82, 2.24) is 0 Å². The third-order valence-electron chi connectivity index (χ3n) is 2.13. The molecule has 0 spiro atoms. The molecule has 0 aliphatic rings. The van der Waals surface area contributed by atoms with Crippen LogP contribution in [0.1, 0.15) is 31.9 Å². The molecule has 0 saturated heterocycles. The van der Waals surface area contributed by atoms with Crippen LogP contribution in [0.25, 0.3) is 0 Å². The zero-order valence-corrected chi connectivity index (χ0v) is 13.9. The molecule has 0 bridgehead atoms. The minimum absolute atomic E-state index is 0. The van der Waals surface area contributed by atoms with Crippen LogP contribution < -0.4 is 17.9 Å². The molecule has 2 N–H and O–H groups in total. The average Bonchev–Trinajstić information content (AvgIpc) is 2.28. The van der Waals surface area contributed by atoms with Gasteiger partial charge >= 0.3 is 36.3 Å². The van der Waals surface area contributed by atoms with Gasteiger partial charge in [-0.15, -0.1) is 0 Å². The third-order valence-corrected chi connectivity index (χ3v) is 2.13. The average molecular weight is 321 g/mol. The molecular formula is C12H17BClF3MgO2. The molecule has 0 aromatic heterocycles. The van der Waals surface area contributed by atoms with Gasteiger partial charge < -0.3 is 28.9 Å². The molecule has 1 aromatic rings. The van der Waals surface area contributed by atoms with Gasteiger partial charge in [-0.3, -0.25) is 0 Å². The van der Waals surface area contributed by atoms with Crippen LogP contribution in [-0.4, -0.2) is 40.2 Å². The maximum atomic E-state index is 12.3. The molecule has 110 valence electrons. The first-order valence-corrected chi connectivity index (χ1v) is 5.58. The van der Waals surface area contributed by atoms with E-state index in [-0.39, 0.29) is 40.9 Å². The largest absolute Gasteiger partial charge is 2.00 e. The fraction of sp³-hybridized carbons (Fsp3) is 0.417. The summed E-state index contributed by atoms with van der Waals surface area (Å²) in [5.41, 5.74) is -0.465. The molecule has 0 aliphatic carbocycles. The van der Waals surface area contributed by atoms with Crippen LogP contribution in [0.3, 0.4) is 0 Å². The molecule has 0 unspecified atom stereocenters. The number of benzene rings is 1. The first-order valence-electron chi connectivity index (χ1n) is 5.58. The predicted octanol–water partition coefficient (Wildman–Crippen LogP) is -1.20. The zero-order valence-electron chi connectivity index (χ0n) is 11.7. The van der Waals surface area contributed by atoms with Crippen LogP contribution in [0.15, 0.2) is 18.2 Å². The molecule has 0 aliphatic heterocycles. The Morgan fingerprint density at radius 3 is 1.95 bits per heavy atom. The molecular weight excluding hydrogens is 304 g/mol. The number of rotatable bonds is 2. The monoisotopic (exact) mass is 320 g/mol. The van der Waals surface area contributed by atoms with Crippen molar-refractivity contribution >= 4 is 35.6 Å². The Morgan fingerprint density at radius 1 is 1.20 bits per heavy atom. The number of alkyl halides is 3. The van der Waals surface area contributed by atoms with Crippen molar-refractivity contribution in [2.45, 2.75) is 33.4 Å². The summed E-state index contributed by atoms with van der Waals surface area (Å²) in [6.45, 7) is 5.73. The Bertz CT molecular complexity index is 376. The van der Waals surface area contributed by atoms with Gasteiger partial charge in [0.15, 0.2) is 0 Å². The van der Waals surface area contributed by atoms with E-state index in [1.54, 1.807) is 6.92 Å². The Morgan fingerprint density at radius 2 is 1.65 bits per heavy atom. The molecule has 1 rings (SSSR count). The molecule has 0 atom stereocenters. The van der Waals surface area contributed by atoms with Crippen LogP contribution >= 0.6 is 0 Å². The number of aryl methyl sites for hydroxylation is 1. The van der Waals surface area contributed by atoms with E-state index in [2.05, 4.69) is 0 Å². The van der Waals surface area contributed by atoms with Gasteiger partial charge in [0.2, 0.25) is 0 Å². The van der Waals surface area contributed by atoms with Crippen molar-refractivity contribution in [1.29, 1.82) is 0 Å². The van der Waals surface area contributed by atoms with E-state index in [9.17, 15) is 13.2 Å². The van der Waals surface area contributed by atoms with E-state index in [0.717, 1.165) is 12.1 Å². The summed E-state index contributed by atoms with van der Waals surface area (Å²) in [6, 6.07) is 2.96. The topological polar surface area (TPSA) is 40.5 Å². The van der Waals surface area contributed by atoms with Gasteiger partial charge in [-0.05, 0) is 29.6 Å². The van der Waals surface area contributed by atoms with Crippen LogP contribution in [-0.2, 0) is 12.6 Å². The quantitative estimate of drug-likeness (QED) is 0.531. The van der Waals surface area contributed by atoms with Crippen LogP contribution in [0.4, 0.5) is 13.2 Å². The number of halogens is 4. The summed E-state index contributed by atoms with van der Waals surface area (Å²) >= 11 is 0. The fourth-order valence-corrected chi connectivity index (χ4v) is 1.33. The summed E-state index contributed by atoms with van der Waals surface area (Å²) in [5, 5.41) is 17.8. The Labute approximate surface area is 140 Å². The second-order valence-electron chi connectivity index (χ2n) is 3.72. The van der Waals surface area contributed by atoms with Gasteiger partial charge in [-0.1, -0.05) is 13.0 Å². The second-order valence-corrected chi connectivity index (χ2v) is 3.72. The molecule has 0 fully saturated rings. The van der Waals surface area contributed by atoms with Crippen LogP contribution in [0.2, 0.25) is 0 Å². The Hall–Kier alpha value is 0.0512. The van der Waals surface area contributed by atoms with E-state index in [1.165, 1.54) is 6.07 Å². The van der Waals surface area contributed by atoms with Gasteiger partial charge in [-0.2, -0.15) is 27.0 Å². The molecule has 0 radical (unpaired) electrons. The zero-order chi connectivity index (χ0) is 14.3. The maximum absolute atomic E-state index is 12.3. The predicted molar refractivity (Wildman–Crippen MR) is 72.0 cm³/mol.